The van der Waals surface area contributed by atoms with Crippen molar-refractivity contribution >= 4 is 28.3 Å². The van der Waals surface area contributed by atoms with E-state index in [1.165, 1.54) is 11.3 Å². The second-order valence-corrected chi connectivity index (χ2v) is 7.08. The molecule has 7 heteroatoms. The van der Waals surface area contributed by atoms with E-state index in [-0.39, 0.29) is 18.4 Å². The van der Waals surface area contributed by atoms with Gasteiger partial charge in [0.15, 0.2) is 5.13 Å². The summed E-state index contributed by atoms with van der Waals surface area (Å²) in [5.74, 6) is -0.189. The fourth-order valence-corrected chi connectivity index (χ4v) is 3.41. The summed E-state index contributed by atoms with van der Waals surface area (Å²) in [4.78, 5) is 31.2. The molecule has 0 radical (unpaired) electrons. The number of aryl methyl sites for hydroxylation is 2. The fourth-order valence-electron chi connectivity index (χ4n) is 2.49. The largest absolute Gasteiger partial charge is 0.355 e. The van der Waals surface area contributed by atoms with Gasteiger partial charge in [0.05, 0.1) is 12.2 Å². The van der Waals surface area contributed by atoms with Crippen LogP contribution < -0.4 is 10.6 Å². The standard InChI is InChI=1S/C18H24N4O2S/c1-5-15-12(2)25-18(20-15)21-16(23)11-22(4)10-13-6-8-14(9-7-13)17(24)19-3/h6-9H,5,10-11H2,1-4H3,(H,19,24)(H,20,21,23). The molecule has 0 saturated carbocycles. The second-order valence-electron chi connectivity index (χ2n) is 5.87. The van der Waals surface area contributed by atoms with Crippen LogP contribution in [-0.4, -0.2) is 42.3 Å². The summed E-state index contributed by atoms with van der Waals surface area (Å²) in [6.07, 6.45) is 0.865. The maximum atomic E-state index is 12.2. The van der Waals surface area contributed by atoms with Crippen molar-refractivity contribution in [3.63, 3.8) is 0 Å². The Morgan fingerprint density at radius 3 is 2.48 bits per heavy atom. The third kappa shape index (κ3) is 5.37. The number of carbonyl (C=O) groups excluding carboxylic acids is 2. The lowest BCUT2D eigenvalue weighted by Gasteiger charge is -2.16. The maximum Gasteiger partial charge on any atom is 0.251 e. The number of carbonyl (C=O) groups is 2. The topological polar surface area (TPSA) is 74.3 Å². The average Bonchev–Trinajstić information content (AvgIpc) is 2.93. The normalized spacial score (nSPS) is 10.8. The molecule has 2 aromatic rings. The quantitative estimate of drug-likeness (QED) is 0.795. The van der Waals surface area contributed by atoms with Gasteiger partial charge in [0.1, 0.15) is 0 Å². The molecule has 1 aromatic heterocycles. The summed E-state index contributed by atoms with van der Waals surface area (Å²) in [6.45, 7) is 4.97. The van der Waals surface area contributed by atoms with E-state index < -0.39 is 0 Å². The number of hydrogen-bond donors (Lipinski definition) is 2. The van der Waals surface area contributed by atoms with Gasteiger partial charge in [-0.2, -0.15) is 0 Å². The molecule has 2 amide bonds. The highest BCUT2D eigenvalue weighted by Gasteiger charge is 2.12. The third-order valence-corrected chi connectivity index (χ3v) is 4.71. The maximum absolute atomic E-state index is 12.2. The zero-order valence-corrected chi connectivity index (χ0v) is 15.9. The SMILES string of the molecule is CCc1nc(NC(=O)CN(C)Cc2ccc(C(=O)NC)cc2)sc1C. The molecule has 0 bridgehead atoms. The van der Waals surface area contributed by atoms with Gasteiger partial charge in [0.25, 0.3) is 5.91 Å². The Morgan fingerprint density at radius 1 is 1.24 bits per heavy atom. The highest BCUT2D eigenvalue weighted by Crippen LogP contribution is 2.22. The monoisotopic (exact) mass is 360 g/mol. The van der Waals surface area contributed by atoms with Crippen LogP contribution in [0.3, 0.4) is 0 Å². The van der Waals surface area contributed by atoms with Gasteiger partial charge in [-0.1, -0.05) is 19.1 Å². The van der Waals surface area contributed by atoms with E-state index in [1.54, 1.807) is 19.2 Å². The Morgan fingerprint density at radius 2 is 1.92 bits per heavy atom. The lowest BCUT2D eigenvalue weighted by Crippen LogP contribution is -2.29. The van der Waals surface area contributed by atoms with Crippen molar-refractivity contribution in [1.82, 2.24) is 15.2 Å². The number of likely N-dealkylation sites (N-methyl/N-ethyl adjacent to an activating group) is 1. The predicted molar refractivity (Wildman–Crippen MR) is 101 cm³/mol. The van der Waals surface area contributed by atoms with Gasteiger partial charge >= 0.3 is 0 Å². The lowest BCUT2D eigenvalue weighted by atomic mass is 10.1. The molecule has 2 rings (SSSR count). The smallest absolute Gasteiger partial charge is 0.251 e. The van der Waals surface area contributed by atoms with Gasteiger partial charge in [-0.15, -0.1) is 11.3 Å². The molecule has 0 spiro atoms. The Bertz CT molecular complexity index is 740. The minimum atomic E-state index is -0.107. The summed E-state index contributed by atoms with van der Waals surface area (Å²) in [5, 5.41) is 6.11. The van der Waals surface area contributed by atoms with Crippen molar-refractivity contribution in [3.8, 4) is 0 Å². The van der Waals surface area contributed by atoms with Crippen LogP contribution in [0, 0.1) is 6.92 Å². The molecule has 0 unspecified atom stereocenters. The van der Waals surface area contributed by atoms with Crippen LogP contribution in [0.5, 0.6) is 0 Å². The molecule has 1 heterocycles. The van der Waals surface area contributed by atoms with Crippen LogP contribution >= 0.6 is 11.3 Å². The summed E-state index contributed by atoms with van der Waals surface area (Å²) in [5.41, 5.74) is 2.70. The first-order chi connectivity index (χ1) is 11.9. The van der Waals surface area contributed by atoms with Crippen LogP contribution in [0.1, 0.15) is 33.4 Å². The number of amides is 2. The summed E-state index contributed by atoms with van der Waals surface area (Å²) >= 11 is 1.51. The second kappa shape index (κ2) is 8.73. The van der Waals surface area contributed by atoms with E-state index in [9.17, 15) is 9.59 Å². The number of benzene rings is 1. The van der Waals surface area contributed by atoms with Crippen LogP contribution in [0.25, 0.3) is 0 Å². The van der Waals surface area contributed by atoms with Gasteiger partial charge < -0.3 is 10.6 Å². The first-order valence-electron chi connectivity index (χ1n) is 8.18. The zero-order valence-electron chi connectivity index (χ0n) is 15.0. The van der Waals surface area contributed by atoms with E-state index in [1.807, 2.05) is 31.0 Å². The Labute approximate surface area is 152 Å². The molecule has 0 aliphatic heterocycles. The molecule has 2 N–H and O–H groups in total. The molecule has 0 aliphatic carbocycles. The number of nitrogens with zero attached hydrogens (tertiary/aromatic N) is 2. The van der Waals surface area contributed by atoms with Crippen molar-refractivity contribution in [1.29, 1.82) is 0 Å². The molecule has 0 saturated heterocycles. The predicted octanol–water partition coefficient (Wildman–Crippen LogP) is 2.44. The van der Waals surface area contributed by atoms with E-state index in [0.29, 0.717) is 17.2 Å². The van der Waals surface area contributed by atoms with Gasteiger partial charge in [0.2, 0.25) is 5.91 Å². The molecular formula is C18H24N4O2S. The van der Waals surface area contributed by atoms with Gasteiger partial charge in [0, 0.05) is 24.0 Å². The number of nitrogens with one attached hydrogen (secondary N) is 2. The van der Waals surface area contributed by atoms with Crippen LogP contribution in [0.15, 0.2) is 24.3 Å². The van der Waals surface area contributed by atoms with Gasteiger partial charge in [-0.3, -0.25) is 14.5 Å². The van der Waals surface area contributed by atoms with Crippen LogP contribution in [0.4, 0.5) is 5.13 Å². The van der Waals surface area contributed by atoms with Gasteiger partial charge in [-0.25, -0.2) is 4.98 Å². The van der Waals surface area contributed by atoms with E-state index in [2.05, 4.69) is 22.5 Å². The zero-order chi connectivity index (χ0) is 18.4. The highest BCUT2D eigenvalue weighted by atomic mass is 32.1. The van der Waals surface area contributed by atoms with Crippen molar-refractivity contribution in [3.05, 3.63) is 46.0 Å². The van der Waals surface area contributed by atoms with Crippen molar-refractivity contribution < 1.29 is 9.59 Å². The first-order valence-corrected chi connectivity index (χ1v) is 9.00. The third-order valence-electron chi connectivity index (χ3n) is 3.78. The highest BCUT2D eigenvalue weighted by molar-refractivity contribution is 7.15. The number of anilines is 1. The average molecular weight is 360 g/mol. The molecule has 0 atom stereocenters. The molecular weight excluding hydrogens is 336 g/mol. The van der Waals surface area contributed by atoms with E-state index in [0.717, 1.165) is 22.6 Å². The number of aromatic nitrogens is 1. The number of rotatable bonds is 7. The van der Waals surface area contributed by atoms with E-state index in [4.69, 9.17) is 0 Å². The Balaban J connectivity index is 1.87. The molecule has 1 aromatic carbocycles. The van der Waals surface area contributed by atoms with Crippen molar-refractivity contribution in [2.24, 2.45) is 0 Å². The Kier molecular flexibility index (Phi) is 6.66. The minimum absolute atomic E-state index is 0.0825. The summed E-state index contributed by atoms with van der Waals surface area (Å²) in [7, 11) is 3.49. The number of hydrogen-bond acceptors (Lipinski definition) is 5. The first kappa shape index (κ1) is 19.1. The van der Waals surface area contributed by atoms with Crippen molar-refractivity contribution in [2.45, 2.75) is 26.8 Å². The van der Waals surface area contributed by atoms with Crippen molar-refractivity contribution in [2.75, 3.05) is 26.0 Å². The fraction of sp³-hybridized carbons (Fsp3) is 0.389. The van der Waals surface area contributed by atoms with Gasteiger partial charge in [-0.05, 0) is 38.1 Å². The molecule has 0 fully saturated rings. The molecule has 134 valence electrons. The Hall–Kier alpha value is -2.25. The summed E-state index contributed by atoms with van der Waals surface area (Å²) < 4.78 is 0. The molecule has 0 aliphatic rings. The van der Waals surface area contributed by atoms with Crippen LogP contribution in [0.2, 0.25) is 0 Å². The van der Waals surface area contributed by atoms with Crippen LogP contribution in [-0.2, 0) is 17.8 Å². The number of thiazole rings is 1. The minimum Gasteiger partial charge on any atom is -0.355 e. The lowest BCUT2D eigenvalue weighted by molar-refractivity contribution is -0.117. The van der Waals surface area contributed by atoms with E-state index >= 15 is 0 Å². The molecule has 25 heavy (non-hydrogen) atoms. The molecule has 6 nitrogen and oxygen atoms in total. The summed E-state index contributed by atoms with van der Waals surface area (Å²) in [6, 6.07) is 7.37.